The number of amides is 4. The molecule has 0 unspecified atom stereocenters. The van der Waals surface area contributed by atoms with Gasteiger partial charge in [-0.05, 0) is 84.6 Å². The van der Waals surface area contributed by atoms with Crippen LogP contribution >= 0.6 is 0 Å². The van der Waals surface area contributed by atoms with Gasteiger partial charge in [-0.2, -0.15) is 0 Å². The Bertz CT molecular complexity index is 1900. The zero-order valence-electron chi connectivity index (χ0n) is 28.7. The van der Waals surface area contributed by atoms with Gasteiger partial charge < -0.3 is 26.0 Å². The maximum atomic E-state index is 14.2. The number of benzene rings is 2. The van der Waals surface area contributed by atoms with Crippen molar-refractivity contribution in [1.82, 2.24) is 51.3 Å². The summed E-state index contributed by atoms with van der Waals surface area (Å²) in [5.74, 6) is -1.34. The van der Waals surface area contributed by atoms with E-state index < -0.39 is 11.7 Å². The highest BCUT2D eigenvalue weighted by Gasteiger charge is 2.28. The zero-order chi connectivity index (χ0) is 35.9. The molecule has 0 spiro atoms. The average molecular weight is 689 g/mol. The van der Waals surface area contributed by atoms with E-state index in [0.29, 0.717) is 59.5 Å². The van der Waals surface area contributed by atoms with Crippen LogP contribution in [0, 0.1) is 19.7 Å². The molecular weight excluding hydrogens is 647 g/mol. The highest BCUT2D eigenvalue weighted by molar-refractivity contribution is 5.97. The molecular formula is C34H41FN10O5. The van der Waals surface area contributed by atoms with Crippen molar-refractivity contribution in [2.24, 2.45) is 0 Å². The van der Waals surface area contributed by atoms with Gasteiger partial charge in [0.2, 0.25) is 0 Å². The number of carbonyl (C=O) groups excluding carboxylic acids is 4. The number of rotatable bonds is 12. The maximum Gasteiger partial charge on any atom is 0.273 e. The van der Waals surface area contributed by atoms with E-state index in [-0.39, 0.29) is 41.1 Å². The lowest BCUT2D eigenvalue weighted by atomic mass is 10.1. The van der Waals surface area contributed by atoms with Crippen molar-refractivity contribution in [3.8, 4) is 17.1 Å². The van der Waals surface area contributed by atoms with Gasteiger partial charge in [0, 0.05) is 37.3 Å². The number of nitrogens with zero attached hydrogens (tertiary/aromatic N) is 6. The van der Waals surface area contributed by atoms with E-state index in [4.69, 9.17) is 4.74 Å². The van der Waals surface area contributed by atoms with Crippen LogP contribution in [0.2, 0.25) is 0 Å². The highest BCUT2D eigenvalue weighted by Crippen LogP contribution is 2.25. The van der Waals surface area contributed by atoms with Crippen molar-refractivity contribution in [3.05, 3.63) is 76.1 Å². The summed E-state index contributed by atoms with van der Waals surface area (Å²) in [6.45, 7) is 10.3. The van der Waals surface area contributed by atoms with Gasteiger partial charge in [0.1, 0.15) is 11.6 Å². The number of aromatic nitrogens is 6. The van der Waals surface area contributed by atoms with Crippen LogP contribution in [0.25, 0.3) is 11.4 Å². The number of carbonyl (C=O) groups is 4. The molecule has 0 bridgehead atoms. The monoisotopic (exact) mass is 688 g/mol. The van der Waals surface area contributed by atoms with Crippen LogP contribution in [-0.2, 0) is 0 Å². The third-order valence-electron chi connectivity index (χ3n) is 7.92. The van der Waals surface area contributed by atoms with Gasteiger partial charge in [0.05, 0.1) is 40.5 Å². The molecule has 2 aromatic carbocycles. The molecule has 4 aromatic rings. The molecule has 4 N–H and O–H groups in total. The third kappa shape index (κ3) is 8.30. The van der Waals surface area contributed by atoms with Crippen LogP contribution in [0.4, 0.5) is 4.39 Å². The van der Waals surface area contributed by atoms with E-state index in [9.17, 15) is 23.6 Å². The van der Waals surface area contributed by atoms with Crippen LogP contribution in [0.15, 0.2) is 36.4 Å². The van der Waals surface area contributed by atoms with E-state index in [1.165, 1.54) is 16.8 Å². The van der Waals surface area contributed by atoms with Crippen molar-refractivity contribution < 1.29 is 28.3 Å². The Kier molecular flexibility index (Phi) is 11.2. The highest BCUT2D eigenvalue weighted by atomic mass is 19.1. The van der Waals surface area contributed by atoms with Crippen LogP contribution in [0.1, 0.15) is 99.5 Å². The molecule has 2 aromatic heterocycles. The first-order valence-electron chi connectivity index (χ1n) is 16.7. The van der Waals surface area contributed by atoms with Crippen LogP contribution in [0.5, 0.6) is 5.75 Å². The molecule has 264 valence electrons. The van der Waals surface area contributed by atoms with Crippen molar-refractivity contribution in [2.75, 3.05) is 19.7 Å². The maximum absolute atomic E-state index is 14.2. The molecule has 4 amide bonds. The molecule has 0 radical (unpaired) electrons. The van der Waals surface area contributed by atoms with Crippen molar-refractivity contribution >= 4 is 23.6 Å². The Hall–Kier alpha value is -5.67. The predicted molar refractivity (Wildman–Crippen MR) is 180 cm³/mol. The molecule has 2 aliphatic rings. The lowest BCUT2D eigenvalue weighted by Crippen LogP contribution is -2.26. The standard InChI is InChI=1S/C18H23N5O3.C16H18FN5O2/c1-4-19-17(24)14-9-8-13(10-15(14)26-5-2)23-11(3)16(21-22-23)18(25)20-12-6-7-12;1-3-18-15(23)12-7-6-11(8-13(12)17)22-9(2)14(20-21-22)16(24)19-10-4-5-10/h8-10,12H,4-7H2,1-3H3,(H,19,24)(H,20,25);6-8,10H,3-5H2,1-2H3,(H,18,23)(H,19,24). The summed E-state index contributed by atoms with van der Waals surface area (Å²) in [5, 5.41) is 27.0. The predicted octanol–water partition coefficient (Wildman–Crippen LogP) is 2.97. The fourth-order valence-corrected chi connectivity index (χ4v) is 4.97. The fourth-order valence-electron chi connectivity index (χ4n) is 4.97. The number of hydrogen-bond acceptors (Lipinski definition) is 9. The summed E-state index contributed by atoms with van der Waals surface area (Å²) in [5.41, 5.74) is 3.17. The van der Waals surface area contributed by atoms with Crippen LogP contribution in [0.3, 0.4) is 0 Å². The SMILES string of the molecule is CCNC(=O)c1ccc(-n2nnc(C(=O)NC3CC3)c2C)cc1F.CCNC(=O)c1ccc(-n2nnc(C(=O)NC3CC3)c2C)cc1OCC. The van der Waals surface area contributed by atoms with Gasteiger partial charge in [-0.25, -0.2) is 13.8 Å². The first-order valence-corrected chi connectivity index (χ1v) is 16.7. The van der Waals surface area contributed by atoms with E-state index in [1.54, 1.807) is 49.7 Å². The molecule has 0 saturated heterocycles. The molecule has 6 rings (SSSR count). The molecule has 2 fully saturated rings. The van der Waals surface area contributed by atoms with Gasteiger partial charge in [0.25, 0.3) is 23.6 Å². The second-order valence-corrected chi connectivity index (χ2v) is 11.9. The summed E-state index contributed by atoms with van der Waals surface area (Å²) in [6.07, 6.45) is 3.98. The minimum absolute atomic E-state index is 0.0370. The van der Waals surface area contributed by atoms with Crippen molar-refractivity contribution in [1.29, 1.82) is 0 Å². The van der Waals surface area contributed by atoms with Gasteiger partial charge in [-0.1, -0.05) is 10.4 Å². The quantitative estimate of drug-likeness (QED) is 0.174. The van der Waals surface area contributed by atoms with E-state index in [1.807, 2.05) is 13.8 Å². The molecule has 15 nitrogen and oxygen atoms in total. The minimum atomic E-state index is -0.655. The van der Waals surface area contributed by atoms with E-state index in [0.717, 1.165) is 25.7 Å². The molecule has 2 aliphatic carbocycles. The molecule has 0 atom stereocenters. The summed E-state index contributed by atoms with van der Waals surface area (Å²) in [6, 6.07) is 9.82. The first-order chi connectivity index (χ1) is 24.1. The number of hydrogen-bond donors (Lipinski definition) is 4. The molecule has 2 saturated carbocycles. The van der Waals surface area contributed by atoms with Crippen molar-refractivity contribution in [3.63, 3.8) is 0 Å². The van der Waals surface area contributed by atoms with Gasteiger partial charge in [-0.15, -0.1) is 10.2 Å². The summed E-state index contributed by atoms with van der Waals surface area (Å²) in [7, 11) is 0. The van der Waals surface area contributed by atoms with Gasteiger partial charge in [0.15, 0.2) is 11.4 Å². The Morgan fingerprint density at radius 3 is 1.62 bits per heavy atom. The third-order valence-corrected chi connectivity index (χ3v) is 7.92. The topological polar surface area (TPSA) is 187 Å². The van der Waals surface area contributed by atoms with Crippen LogP contribution < -0.4 is 26.0 Å². The lowest BCUT2D eigenvalue weighted by Gasteiger charge is -2.12. The average Bonchev–Trinajstić information content (AvgIpc) is 4.01. The number of halogens is 1. The van der Waals surface area contributed by atoms with Gasteiger partial charge in [-0.3, -0.25) is 19.2 Å². The lowest BCUT2D eigenvalue weighted by molar-refractivity contribution is 0.0937. The Morgan fingerprint density at radius 1 is 0.720 bits per heavy atom. The second kappa shape index (κ2) is 15.7. The first kappa shape index (κ1) is 35.6. The zero-order valence-corrected chi connectivity index (χ0v) is 28.7. The second-order valence-electron chi connectivity index (χ2n) is 11.9. The number of ether oxygens (including phenoxy) is 1. The molecule has 0 aliphatic heterocycles. The summed E-state index contributed by atoms with van der Waals surface area (Å²) in [4.78, 5) is 48.3. The molecule has 2 heterocycles. The smallest absolute Gasteiger partial charge is 0.273 e. The van der Waals surface area contributed by atoms with Crippen molar-refractivity contribution in [2.45, 2.75) is 72.4 Å². The molecule has 16 heteroatoms. The molecule has 50 heavy (non-hydrogen) atoms. The normalized spacial score (nSPS) is 13.5. The summed E-state index contributed by atoms with van der Waals surface area (Å²) < 4.78 is 22.8. The Morgan fingerprint density at radius 2 is 1.18 bits per heavy atom. The fraction of sp³-hybridized carbons (Fsp3) is 0.412. The van der Waals surface area contributed by atoms with Gasteiger partial charge >= 0.3 is 0 Å². The van der Waals surface area contributed by atoms with Crippen LogP contribution in [-0.4, -0.2) is 85.4 Å². The Balaban J connectivity index is 0.000000195. The largest absolute Gasteiger partial charge is 0.493 e. The van der Waals surface area contributed by atoms with E-state index >= 15 is 0 Å². The van der Waals surface area contributed by atoms with E-state index in [2.05, 4.69) is 41.9 Å². The summed E-state index contributed by atoms with van der Waals surface area (Å²) >= 11 is 0. The number of nitrogens with one attached hydrogen (secondary N) is 4. The Labute approximate surface area is 288 Å². The minimum Gasteiger partial charge on any atom is -0.493 e.